The van der Waals surface area contributed by atoms with Crippen LogP contribution in [0.25, 0.3) is 0 Å². The number of ether oxygens (including phenoxy) is 1. The van der Waals surface area contributed by atoms with Crippen LogP contribution in [0.4, 0.5) is 0 Å². The molecule has 1 heterocycles. The zero-order valence-corrected chi connectivity index (χ0v) is 12.7. The molecule has 1 N–H and O–H groups in total. The van der Waals surface area contributed by atoms with E-state index in [0.29, 0.717) is 18.7 Å². The van der Waals surface area contributed by atoms with Gasteiger partial charge in [-0.3, -0.25) is 4.68 Å². The largest absolute Gasteiger partial charge is 0.487 e. The molecule has 0 saturated carbocycles. The normalized spacial score (nSPS) is 11.7. The monoisotopic (exact) mass is 287 g/mol. The van der Waals surface area contributed by atoms with Crippen molar-refractivity contribution in [1.82, 2.24) is 9.78 Å². The van der Waals surface area contributed by atoms with E-state index in [1.165, 1.54) is 0 Å². The van der Waals surface area contributed by atoms with Crippen LogP contribution in [-0.4, -0.2) is 20.7 Å². The summed E-state index contributed by atoms with van der Waals surface area (Å²) in [5, 5.41) is 16.6. The average Bonchev–Trinajstić information content (AvgIpc) is 2.88. The quantitative estimate of drug-likeness (QED) is 0.503. The van der Waals surface area contributed by atoms with Crippen LogP contribution in [0.2, 0.25) is 0 Å². The highest BCUT2D eigenvalue weighted by atomic mass is 16.5. The molecular weight excluding hydrogens is 266 g/mol. The lowest BCUT2D eigenvalue weighted by molar-refractivity contribution is 0.292. The van der Waals surface area contributed by atoms with Crippen molar-refractivity contribution in [2.75, 3.05) is 0 Å². The Morgan fingerprint density at radius 2 is 2.00 bits per heavy atom. The van der Waals surface area contributed by atoms with Crippen molar-refractivity contribution < 1.29 is 9.94 Å². The van der Waals surface area contributed by atoms with Crippen molar-refractivity contribution in [3.05, 3.63) is 47.3 Å². The molecule has 0 radical (unpaired) electrons. The number of benzene rings is 1. The minimum absolute atomic E-state index is 0.489. The smallest absolute Gasteiger partial charge is 0.130 e. The van der Waals surface area contributed by atoms with Crippen molar-refractivity contribution >= 4 is 5.71 Å². The minimum Gasteiger partial charge on any atom is -0.487 e. The predicted octanol–water partition coefficient (Wildman–Crippen LogP) is 3.38. The summed E-state index contributed by atoms with van der Waals surface area (Å²) in [6.45, 7) is 7.31. The minimum atomic E-state index is 0.489. The summed E-state index contributed by atoms with van der Waals surface area (Å²) < 4.78 is 7.73. The predicted molar refractivity (Wildman–Crippen MR) is 82.0 cm³/mol. The maximum Gasteiger partial charge on any atom is 0.130 e. The summed E-state index contributed by atoms with van der Waals surface area (Å²) >= 11 is 0. The van der Waals surface area contributed by atoms with E-state index in [2.05, 4.69) is 17.2 Å². The van der Waals surface area contributed by atoms with Crippen LogP contribution in [0, 0.1) is 6.92 Å². The van der Waals surface area contributed by atoms with Gasteiger partial charge in [0.1, 0.15) is 12.4 Å². The van der Waals surface area contributed by atoms with Crippen molar-refractivity contribution in [1.29, 1.82) is 0 Å². The van der Waals surface area contributed by atoms with Crippen LogP contribution < -0.4 is 4.74 Å². The van der Waals surface area contributed by atoms with Crippen LogP contribution in [0.1, 0.15) is 37.2 Å². The fourth-order valence-electron chi connectivity index (χ4n) is 2.22. The van der Waals surface area contributed by atoms with Gasteiger partial charge in [0.15, 0.2) is 0 Å². The van der Waals surface area contributed by atoms with E-state index in [0.717, 1.165) is 29.2 Å². The van der Waals surface area contributed by atoms with Gasteiger partial charge in [0, 0.05) is 6.54 Å². The zero-order chi connectivity index (χ0) is 15.2. The Morgan fingerprint density at radius 1 is 1.29 bits per heavy atom. The molecular formula is C16H21N3O2. The molecule has 0 aliphatic carbocycles. The molecule has 1 aromatic heterocycles. The van der Waals surface area contributed by atoms with Gasteiger partial charge in [-0.05, 0) is 56.2 Å². The second-order valence-corrected chi connectivity index (χ2v) is 4.81. The van der Waals surface area contributed by atoms with E-state index in [4.69, 9.17) is 9.94 Å². The summed E-state index contributed by atoms with van der Waals surface area (Å²) in [5.41, 5.74) is 3.63. The van der Waals surface area contributed by atoms with Crippen LogP contribution in [0.5, 0.6) is 5.75 Å². The molecule has 0 unspecified atom stereocenters. The molecule has 0 saturated heterocycles. The molecule has 0 fully saturated rings. The average molecular weight is 287 g/mol. The number of aromatic nitrogens is 2. The first-order valence-corrected chi connectivity index (χ1v) is 7.15. The van der Waals surface area contributed by atoms with E-state index in [9.17, 15) is 0 Å². The summed E-state index contributed by atoms with van der Waals surface area (Å²) in [6.07, 6.45) is 0.686. The highest BCUT2D eigenvalue weighted by Crippen LogP contribution is 2.16. The Balaban J connectivity index is 2.04. The Bertz CT molecular complexity index is 615. The molecule has 0 aliphatic heterocycles. The van der Waals surface area contributed by atoms with Gasteiger partial charge in [0.25, 0.3) is 0 Å². The van der Waals surface area contributed by atoms with Gasteiger partial charge in [-0.25, -0.2) is 0 Å². The lowest BCUT2D eigenvalue weighted by atomic mass is 10.1. The first kappa shape index (κ1) is 15.1. The van der Waals surface area contributed by atoms with Gasteiger partial charge in [-0.1, -0.05) is 12.1 Å². The van der Waals surface area contributed by atoms with E-state index in [1.54, 1.807) is 0 Å². The zero-order valence-electron chi connectivity index (χ0n) is 12.7. The maximum absolute atomic E-state index is 8.91. The molecule has 5 heteroatoms. The molecule has 2 rings (SSSR count). The number of hydrogen-bond acceptors (Lipinski definition) is 4. The summed E-state index contributed by atoms with van der Waals surface area (Å²) in [6, 6.07) is 9.60. The number of aryl methyl sites for hydroxylation is 2. The fraction of sp³-hybridized carbons (Fsp3) is 0.375. The molecule has 0 atom stereocenters. The fourth-order valence-corrected chi connectivity index (χ4v) is 2.22. The molecule has 0 spiro atoms. The number of rotatable bonds is 6. The number of oxime groups is 1. The van der Waals surface area contributed by atoms with Crippen LogP contribution in [0.15, 0.2) is 35.5 Å². The SMILES string of the molecule is CCC(=NO)c1ccc(OCc2cc(C)nn2CC)cc1. The molecule has 0 amide bonds. The first-order chi connectivity index (χ1) is 10.2. The second kappa shape index (κ2) is 6.92. The highest BCUT2D eigenvalue weighted by Gasteiger charge is 2.06. The van der Waals surface area contributed by atoms with Crippen molar-refractivity contribution in [2.45, 2.75) is 40.3 Å². The van der Waals surface area contributed by atoms with E-state index in [1.807, 2.05) is 48.9 Å². The van der Waals surface area contributed by atoms with E-state index < -0.39 is 0 Å². The topological polar surface area (TPSA) is 59.6 Å². The first-order valence-electron chi connectivity index (χ1n) is 7.15. The molecule has 112 valence electrons. The Morgan fingerprint density at radius 3 is 2.57 bits per heavy atom. The standard InChI is InChI=1S/C16H21N3O2/c1-4-16(18-20)13-6-8-15(9-7-13)21-11-14-10-12(3)17-19(14)5-2/h6-10,20H,4-5,11H2,1-3H3. The number of hydrogen-bond donors (Lipinski definition) is 1. The van der Waals surface area contributed by atoms with Crippen LogP contribution in [0.3, 0.4) is 0 Å². The second-order valence-electron chi connectivity index (χ2n) is 4.81. The maximum atomic E-state index is 8.91. The van der Waals surface area contributed by atoms with Gasteiger partial charge in [-0.2, -0.15) is 5.10 Å². The van der Waals surface area contributed by atoms with Gasteiger partial charge < -0.3 is 9.94 Å². The summed E-state index contributed by atoms with van der Waals surface area (Å²) in [7, 11) is 0. The summed E-state index contributed by atoms with van der Waals surface area (Å²) in [5.74, 6) is 0.786. The Hall–Kier alpha value is -2.30. The van der Waals surface area contributed by atoms with Crippen LogP contribution in [-0.2, 0) is 13.2 Å². The molecule has 0 aliphatic rings. The Kier molecular flexibility index (Phi) is 4.98. The van der Waals surface area contributed by atoms with Crippen molar-refractivity contribution in [3.8, 4) is 5.75 Å². The molecule has 2 aromatic rings. The Labute approximate surface area is 124 Å². The molecule has 21 heavy (non-hydrogen) atoms. The molecule has 5 nitrogen and oxygen atoms in total. The van der Waals surface area contributed by atoms with Gasteiger partial charge in [0.2, 0.25) is 0 Å². The van der Waals surface area contributed by atoms with E-state index >= 15 is 0 Å². The van der Waals surface area contributed by atoms with Gasteiger partial charge in [0.05, 0.1) is 17.1 Å². The third-order valence-electron chi connectivity index (χ3n) is 3.31. The summed E-state index contributed by atoms with van der Waals surface area (Å²) in [4.78, 5) is 0. The number of nitrogens with zero attached hydrogens (tertiary/aromatic N) is 3. The van der Waals surface area contributed by atoms with E-state index in [-0.39, 0.29) is 0 Å². The van der Waals surface area contributed by atoms with Gasteiger partial charge >= 0.3 is 0 Å². The van der Waals surface area contributed by atoms with Crippen molar-refractivity contribution in [3.63, 3.8) is 0 Å². The highest BCUT2D eigenvalue weighted by molar-refractivity contribution is 6.00. The van der Waals surface area contributed by atoms with Gasteiger partial charge in [-0.15, -0.1) is 0 Å². The van der Waals surface area contributed by atoms with Crippen LogP contribution >= 0.6 is 0 Å². The third-order valence-corrected chi connectivity index (χ3v) is 3.31. The molecule has 1 aromatic carbocycles. The third kappa shape index (κ3) is 3.62. The molecule has 0 bridgehead atoms. The van der Waals surface area contributed by atoms with Crippen molar-refractivity contribution in [2.24, 2.45) is 5.16 Å². The lowest BCUT2D eigenvalue weighted by Crippen LogP contribution is -2.06. The lowest BCUT2D eigenvalue weighted by Gasteiger charge is -2.08.